The van der Waals surface area contributed by atoms with Crippen molar-refractivity contribution in [3.05, 3.63) is 29.8 Å². The van der Waals surface area contributed by atoms with Gasteiger partial charge in [-0.15, -0.1) is 0 Å². The summed E-state index contributed by atoms with van der Waals surface area (Å²) in [5.74, 6) is 1.92. The molecule has 0 N–H and O–H groups in total. The van der Waals surface area contributed by atoms with E-state index in [4.69, 9.17) is 5.26 Å². The molecule has 0 spiro atoms. The summed E-state index contributed by atoms with van der Waals surface area (Å²) in [6.45, 7) is 3.53. The van der Waals surface area contributed by atoms with Crippen molar-refractivity contribution < 1.29 is 4.79 Å². The fourth-order valence-electron chi connectivity index (χ4n) is 6.86. The van der Waals surface area contributed by atoms with E-state index in [0.717, 1.165) is 69.4 Å². The molecular weight excluding hydrogens is 414 g/mol. The Morgan fingerprint density at radius 1 is 1.04 bits per heavy atom. The van der Waals surface area contributed by atoms with Crippen LogP contribution in [0, 0.1) is 28.6 Å². The van der Waals surface area contributed by atoms with Gasteiger partial charge >= 0.3 is 0 Å². The number of alkyl halides is 1. The normalized spacial score (nSPS) is 36.9. The number of nitrogens with zero attached hydrogens (tertiary/aromatic N) is 3. The van der Waals surface area contributed by atoms with Crippen molar-refractivity contribution in [2.24, 2.45) is 17.3 Å². The molecule has 4 nitrogen and oxygen atoms in total. The molecule has 4 bridgehead atoms. The second-order valence-corrected chi connectivity index (χ2v) is 11.4. The van der Waals surface area contributed by atoms with E-state index >= 15 is 0 Å². The van der Waals surface area contributed by atoms with E-state index in [1.165, 1.54) is 19.3 Å². The first-order valence-electron chi connectivity index (χ1n) is 10.7. The monoisotopic (exact) mass is 441 g/mol. The van der Waals surface area contributed by atoms with Crippen molar-refractivity contribution >= 4 is 27.5 Å². The van der Waals surface area contributed by atoms with Crippen molar-refractivity contribution in [3.8, 4) is 6.07 Å². The zero-order valence-corrected chi connectivity index (χ0v) is 18.0. The van der Waals surface area contributed by atoms with Crippen molar-refractivity contribution in [2.75, 3.05) is 31.1 Å². The Bertz CT molecular complexity index is 800. The lowest BCUT2D eigenvalue weighted by Gasteiger charge is -2.60. The van der Waals surface area contributed by atoms with Gasteiger partial charge in [-0.2, -0.15) is 5.26 Å². The van der Waals surface area contributed by atoms with E-state index in [9.17, 15) is 4.79 Å². The van der Waals surface area contributed by atoms with Crippen LogP contribution in [0.15, 0.2) is 24.3 Å². The topological polar surface area (TPSA) is 47.3 Å². The Hall–Kier alpha value is -1.54. The molecule has 1 aromatic rings. The first kappa shape index (κ1) is 18.5. The van der Waals surface area contributed by atoms with E-state index in [2.05, 4.69) is 31.8 Å². The van der Waals surface area contributed by atoms with Gasteiger partial charge in [-0.3, -0.25) is 4.79 Å². The summed E-state index contributed by atoms with van der Waals surface area (Å²) in [5, 5.41) is 9.00. The molecule has 2 unspecified atom stereocenters. The summed E-state index contributed by atoms with van der Waals surface area (Å²) < 4.78 is 0.229. The van der Waals surface area contributed by atoms with Gasteiger partial charge in [0.05, 0.1) is 17.0 Å². The van der Waals surface area contributed by atoms with Crippen LogP contribution in [0.5, 0.6) is 0 Å². The first-order valence-corrected chi connectivity index (χ1v) is 11.5. The largest absolute Gasteiger partial charge is 0.370 e. The Kier molecular flexibility index (Phi) is 4.46. The summed E-state index contributed by atoms with van der Waals surface area (Å²) in [7, 11) is 0. The molecule has 1 heterocycles. The van der Waals surface area contributed by atoms with E-state index in [1.54, 1.807) is 0 Å². The van der Waals surface area contributed by atoms with Crippen molar-refractivity contribution in [3.63, 3.8) is 0 Å². The van der Waals surface area contributed by atoms with Crippen LogP contribution in [0.4, 0.5) is 5.69 Å². The minimum absolute atomic E-state index is 0.100. The third-order valence-electron chi connectivity index (χ3n) is 7.59. The molecule has 1 aliphatic heterocycles. The summed E-state index contributed by atoms with van der Waals surface area (Å²) in [5.41, 5.74) is 1.75. The summed E-state index contributed by atoms with van der Waals surface area (Å²) in [6, 6.07) is 10.0. The third-order valence-corrected chi connectivity index (χ3v) is 8.52. The number of nitriles is 1. The van der Waals surface area contributed by atoms with Gasteiger partial charge in [-0.05, 0) is 81.0 Å². The smallest absolute Gasteiger partial charge is 0.228 e. The second kappa shape index (κ2) is 6.76. The fraction of sp³-hybridized carbons (Fsp3) is 0.652. The molecule has 2 atom stereocenters. The Morgan fingerprint density at radius 2 is 1.75 bits per heavy atom. The lowest BCUT2D eigenvalue weighted by Crippen LogP contribution is -2.59. The molecule has 1 aromatic carbocycles. The Balaban J connectivity index is 1.30. The van der Waals surface area contributed by atoms with Crippen LogP contribution in [-0.2, 0) is 4.79 Å². The van der Waals surface area contributed by atoms with Crippen LogP contribution in [-0.4, -0.2) is 41.3 Å². The van der Waals surface area contributed by atoms with Gasteiger partial charge in [-0.25, -0.2) is 0 Å². The lowest BCUT2D eigenvalue weighted by molar-refractivity contribution is -0.155. The molecular formula is C23H28BrN3O. The average Bonchev–Trinajstić information content (AvgIpc) is 2.92. The molecule has 28 heavy (non-hydrogen) atoms. The minimum atomic E-state index is -0.100. The van der Waals surface area contributed by atoms with Crippen molar-refractivity contribution in [1.29, 1.82) is 5.26 Å². The van der Waals surface area contributed by atoms with Gasteiger partial charge in [0.15, 0.2) is 0 Å². The van der Waals surface area contributed by atoms with Crippen LogP contribution in [0.1, 0.15) is 50.5 Å². The van der Waals surface area contributed by atoms with E-state index in [0.29, 0.717) is 11.5 Å². The van der Waals surface area contributed by atoms with Gasteiger partial charge in [-0.1, -0.05) is 15.9 Å². The zero-order valence-electron chi connectivity index (χ0n) is 16.4. The molecule has 1 amide bonds. The highest BCUT2D eigenvalue weighted by atomic mass is 79.9. The Morgan fingerprint density at radius 3 is 2.39 bits per heavy atom. The summed E-state index contributed by atoms with van der Waals surface area (Å²) >= 11 is 4.05. The number of hydrogen-bond donors (Lipinski definition) is 0. The minimum Gasteiger partial charge on any atom is -0.370 e. The maximum atomic E-state index is 13.7. The second-order valence-electron chi connectivity index (χ2n) is 9.68. The lowest BCUT2D eigenvalue weighted by atomic mass is 9.49. The third kappa shape index (κ3) is 3.14. The van der Waals surface area contributed by atoms with Crippen LogP contribution < -0.4 is 4.90 Å². The molecule has 1 saturated heterocycles. The number of benzene rings is 1. The molecule has 0 aromatic heterocycles. The maximum Gasteiger partial charge on any atom is 0.228 e. The van der Waals surface area contributed by atoms with E-state index in [1.807, 2.05) is 24.3 Å². The molecule has 5 fully saturated rings. The van der Waals surface area contributed by atoms with Crippen molar-refractivity contribution in [1.82, 2.24) is 4.90 Å². The van der Waals surface area contributed by atoms with Crippen LogP contribution in [0.2, 0.25) is 0 Å². The molecule has 5 heteroatoms. The SMILES string of the molecule is N#Cc1ccc(N2CCCN(C(=O)C34CC5CC(CC(Br)(C5)C3)C4)CC2)cc1. The zero-order chi connectivity index (χ0) is 19.4. The molecule has 148 valence electrons. The summed E-state index contributed by atoms with van der Waals surface area (Å²) in [4.78, 5) is 18.3. The van der Waals surface area contributed by atoms with Crippen LogP contribution >= 0.6 is 15.9 Å². The van der Waals surface area contributed by atoms with E-state index in [-0.39, 0.29) is 9.74 Å². The number of halogens is 1. The summed E-state index contributed by atoms with van der Waals surface area (Å²) in [6.07, 6.45) is 8.16. The van der Waals surface area contributed by atoms with Gasteiger partial charge in [0.1, 0.15) is 0 Å². The van der Waals surface area contributed by atoms with Crippen LogP contribution in [0.25, 0.3) is 0 Å². The van der Waals surface area contributed by atoms with Crippen molar-refractivity contribution in [2.45, 2.75) is 49.3 Å². The molecule has 4 aliphatic carbocycles. The predicted octanol–water partition coefficient (Wildman–Crippen LogP) is 4.33. The van der Waals surface area contributed by atoms with Gasteiger partial charge in [0, 0.05) is 36.2 Å². The number of carbonyl (C=O) groups is 1. The molecule has 0 radical (unpaired) electrons. The number of carbonyl (C=O) groups excluding carboxylic acids is 1. The number of hydrogen-bond acceptors (Lipinski definition) is 3. The molecule has 6 rings (SSSR count). The van der Waals surface area contributed by atoms with Crippen LogP contribution in [0.3, 0.4) is 0 Å². The van der Waals surface area contributed by atoms with Gasteiger partial charge in [0.2, 0.25) is 5.91 Å². The molecule has 4 saturated carbocycles. The molecule has 5 aliphatic rings. The number of rotatable bonds is 2. The Labute approximate surface area is 176 Å². The fourth-order valence-corrected chi connectivity index (χ4v) is 8.31. The highest BCUT2D eigenvalue weighted by molar-refractivity contribution is 9.10. The first-order chi connectivity index (χ1) is 13.5. The maximum absolute atomic E-state index is 13.7. The number of anilines is 1. The standard InChI is InChI=1S/C23H28BrN3O/c24-23-13-18-10-19(14-23)12-22(11-18,16-23)21(28)27-7-1-6-26(8-9-27)20-4-2-17(15-25)3-5-20/h2-5,18-19H,1,6-14,16H2. The van der Waals surface area contributed by atoms with Gasteiger partial charge in [0.25, 0.3) is 0 Å². The number of amides is 1. The highest BCUT2D eigenvalue weighted by Gasteiger charge is 2.60. The highest BCUT2D eigenvalue weighted by Crippen LogP contribution is 2.64. The van der Waals surface area contributed by atoms with Gasteiger partial charge < -0.3 is 9.80 Å². The average molecular weight is 442 g/mol. The van der Waals surface area contributed by atoms with E-state index < -0.39 is 0 Å². The predicted molar refractivity (Wildman–Crippen MR) is 113 cm³/mol. The quantitative estimate of drug-likeness (QED) is 0.641.